The minimum absolute atomic E-state index is 0.0721. The molecule has 1 aromatic carbocycles. The lowest BCUT2D eigenvalue weighted by molar-refractivity contribution is 0.313. The summed E-state index contributed by atoms with van der Waals surface area (Å²) >= 11 is 0. The second kappa shape index (κ2) is 6.45. The normalized spacial score (nSPS) is 15.6. The van der Waals surface area contributed by atoms with Crippen LogP contribution in [0, 0.1) is 0 Å². The number of fused-ring (bicyclic) bond motifs is 2. The maximum absolute atomic E-state index is 12.8. The summed E-state index contributed by atoms with van der Waals surface area (Å²) in [5, 5.41) is 0. The first-order valence-electron chi connectivity index (χ1n) is 9.47. The van der Waals surface area contributed by atoms with Crippen LogP contribution in [0.5, 0.6) is 0 Å². The minimum atomic E-state index is -0.0721. The maximum Gasteiger partial charge on any atom is 0.258 e. The molecule has 4 aromatic rings. The van der Waals surface area contributed by atoms with E-state index in [1.807, 2.05) is 42.1 Å². The van der Waals surface area contributed by atoms with Crippen molar-refractivity contribution in [1.29, 1.82) is 0 Å². The van der Waals surface area contributed by atoms with Crippen LogP contribution in [0.3, 0.4) is 0 Å². The first-order chi connectivity index (χ1) is 13.6. The van der Waals surface area contributed by atoms with Crippen LogP contribution in [0.25, 0.3) is 27.9 Å². The Morgan fingerprint density at radius 1 is 0.964 bits per heavy atom. The Bertz CT molecular complexity index is 1230. The molecule has 28 heavy (non-hydrogen) atoms. The molecule has 4 heterocycles. The van der Waals surface area contributed by atoms with E-state index in [0.717, 1.165) is 48.5 Å². The molecule has 0 aliphatic carbocycles. The molecule has 1 aliphatic heterocycles. The van der Waals surface area contributed by atoms with E-state index in [2.05, 4.69) is 27.9 Å². The van der Waals surface area contributed by atoms with E-state index in [-0.39, 0.29) is 5.56 Å². The molecule has 1 aliphatic rings. The van der Waals surface area contributed by atoms with Gasteiger partial charge in [0.25, 0.3) is 5.56 Å². The Morgan fingerprint density at radius 2 is 1.79 bits per heavy atom. The lowest BCUT2D eigenvalue weighted by atomic mass is 10.1. The van der Waals surface area contributed by atoms with Crippen molar-refractivity contribution < 1.29 is 0 Å². The van der Waals surface area contributed by atoms with Crippen LogP contribution < -0.4 is 10.5 Å². The monoisotopic (exact) mass is 374 g/mol. The van der Waals surface area contributed by atoms with Crippen molar-refractivity contribution in [3.8, 4) is 11.3 Å². The summed E-state index contributed by atoms with van der Waals surface area (Å²) in [5.41, 5.74) is 5.16. The molecular weight excluding hydrogens is 352 g/mol. The van der Waals surface area contributed by atoms with Crippen LogP contribution in [0.4, 0.5) is 5.69 Å². The Morgan fingerprint density at radius 3 is 2.61 bits per heavy atom. The number of anilines is 1. The summed E-state index contributed by atoms with van der Waals surface area (Å²) < 4.78 is 3.61. The quantitative estimate of drug-likeness (QED) is 0.537. The van der Waals surface area contributed by atoms with Gasteiger partial charge in [0.15, 0.2) is 0 Å². The Hall–Kier alpha value is -3.19. The van der Waals surface area contributed by atoms with E-state index >= 15 is 0 Å². The van der Waals surface area contributed by atoms with Crippen LogP contribution in [0.1, 0.15) is 0 Å². The molecule has 3 aromatic heterocycles. The molecular formula is C21H22N6O. The second-order valence-corrected chi connectivity index (χ2v) is 7.44. The number of hydrogen-bond donors (Lipinski definition) is 0. The van der Waals surface area contributed by atoms with Crippen molar-refractivity contribution in [2.45, 2.75) is 0 Å². The summed E-state index contributed by atoms with van der Waals surface area (Å²) in [5.74, 6) is 0. The summed E-state index contributed by atoms with van der Waals surface area (Å²) in [7, 11) is 4.10. The first-order valence-corrected chi connectivity index (χ1v) is 9.47. The van der Waals surface area contributed by atoms with Crippen LogP contribution in [0.2, 0.25) is 0 Å². The molecule has 0 atom stereocenters. The lowest BCUT2D eigenvalue weighted by Gasteiger charge is -2.34. The van der Waals surface area contributed by atoms with Gasteiger partial charge < -0.3 is 14.4 Å². The number of rotatable bonds is 2. The Balaban J connectivity index is 1.54. The zero-order valence-corrected chi connectivity index (χ0v) is 16.0. The number of pyridine rings is 1. The summed E-state index contributed by atoms with van der Waals surface area (Å²) in [6.45, 7) is 3.99. The van der Waals surface area contributed by atoms with Gasteiger partial charge in [0, 0.05) is 51.1 Å². The van der Waals surface area contributed by atoms with Gasteiger partial charge in [-0.2, -0.15) is 0 Å². The standard InChI is InChI=1S/C21H22N6O/c1-24-7-9-26(10-8-24)16-4-6-20-23-17(12-21(28)27(20)13-16)15-3-5-19-18(11-15)22-14-25(19)2/h3-6,11-14H,7-10H2,1-2H3. The van der Waals surface area contributed by atoms with Gasteiger partial charge in [-0.1, -0.05) is 6.07 Å². The molecule has 0 spiro atoms. The van der Waals surface area contributed by atoms with Crippen molar-refractivity contribution in [3.63, 3.8) is 0 Å². The fourth-order valence-electron chi connectivity index (χ4n) is 3.79. The van der Waals surface area contributed by atoms with Crippen LogP contribution >= 0.6 is 0 Å². The van der Waals surface area contributed by atoms with E-state index in [9.17, 15) is 4.79 Å². The van der Waals surface area contributed by atoms with Crippen molar-refractivity contribution in [2.75, 3.05) is 38.1 Å². The molecule has 1 saturated heterocycles. The molecule has 1 fully saturated rings. The van der Waals surface area contributed by atoms with Gasteiger partial charge in [0.05, 0.1) is 28.7 Å². The van der Waals surface area contributed by atoms with Gasteiger partial charge in [0.1, 0.15) is 5.65 Å². The number of nitrogens with zero attached hydrogens (tertiary/aromatic N) is 6. The lowest BCUT2D eigenvalue weighted by Crippen LogP contribution is -2.44. The topological polar surface area (TPSA) is 58.7 Å². The molecule has 0 N–H and O–H groups in total. The van der Waals surface area contributed by atoms with E-state index in [0.29, 0.717) is 11.3 Å². The highest BCUT2D eigenvalue weighted by Gasteiger charge is 2.15. The van der Waals surface area contributed by atoms with Crippen molar-refractivity contribution in [1.82, 2.24) is 23.8 Å². The van der Waals surface area contributed by atoms with E-state index in [1.165, 1.54) is 0 Å². The summed E-state index contributed by atoms with van der Waals surface area (Å²) in [6, 6.07) is 11.6. The predicted molar refractivity (Wildman–Crippen MR) is 111 cm³/mol. The third-order valence-corrected chi connectivity index (χ3v) is 5.53. The zero-order valence-electron chi connectivity index (χ0n) is 16.0. The molecule has 0 unspecified atom stereocenters. The van der Waals surface area contributed by atoms with Crippen LogP contribution in [-0.2, 0) is 7.05 Å². The van der Waals surface area contributed by atoms with E-state index in [4.69, 9.17) is 4.98 Å². The fourth-order valence-corrected chi connectivity index (χ4v) is 3.79. The molecule has 0 radical (unpaired) electrons. The number of likely N-dealkylation sites (N-methyl/N-ethyl adjacent to an activating group) is 1. The molecule has 0 amide bonds. The molecule has 0 saturated carbocycles. The molecule has 5 rings (SSSR count). The van der Waals surface area contributed by atoms with Crippen molar-refractivity contribution in [3.05, 3.63) is 59.3 Å². The molecule has 0 bridgehead atoms. The van der Waals surface area contributed by atoms with Crippen molar-refractivity contribution >= 4 is 22.4 Å². The molecule has 7 heteroatoms. The largest absolute Gasteiger partial charge is 0.368 e. The van der Waals surface area contributed by atoms with Gasteiger partial charge in [-0.25, -0.2) is 9.97 Å². The third-order valence-electron chi connectivity index (χ3n) is 5.53. The van der Waals surface area contributed by atoms with Crippen LogP contribution in [0.15, 0.2) is 53.7 Å². The SMILES string of the molecule is CN1CCN(c2ccc3nc(-c4ccc5c(c4)ncn5C)cc(=O)n3c2)CC1. The fraction of sp³-hybridized carbons (Fsp3) is 0.286. The predicted octanol–water partition coefficient (Wildman–Crippen LogP) is 2.00. The minimum Gasteiger partial charge on any atom is -0.368 e. The average Bonchev–Trinajstić information content (AvgIpc) is 3.08. The second-order valence-electron chi connectivity index (χ2n) is 7.44. The number of imidazole rings is 1. The maximum atomic E-state index is 12.8. The highest BCUT2D eigenvalue weighted by Crippen LogP contribution is 2.23. The number of aryl methyl sites for hydroxylation is 1. The molecule has 142 valence electrons. The summed E-state index contributed by atoms with van der Waals surface area (Å²) in [6.07, 6.45) is 3.69. The van der Waals surface area contributed by atoms with E-state index < -0.39 is 0 Å². The van der Waals surface area contributed by atoms with Crippen LogP contribution in [-0.4, -0.2) is 57.1 Å². The molecule has 7 nitrogen and oxygen atoms in total. The number of hydrogen-bond acceptors (Lipinski definition) is 5. The number of benzene rings is 1. The highest BCUT2D eigenvalue weighted by atomic mass is 16.1. The highest BCUT2D eigenvalue weighted by molar-refractivity contribution is 5.81. The Labute approximate surface area is 162 Å². The van der Waals surface area contributed by atoms with Gasteiger partial charge >= 0.3 is 0 Å². The van der Waals surface area contributed by atoms with Gasteiger partial charge in [0.2, 0.25) is 0 Å². The average molecular weight is 374 g/mol. The zero-order chi connectivity index (χ0) is 19.3. The van der Waals surface area contributed by atoms with E-state index in [1.54, 1.807) is 16.8 Å². The Kier molecular flexibility index (Phi) is 3.91. The summed E-state index contributed by atoms with van der Waals surface area (Å²) in [4.78, 5) is 26.6. The number of aromatic nitrogens is 4. The number of piperazine rings is 1. The van der Waals surface area contributed by atoms with Crippen molar-refractivity contribution in [2.24, 2.45) is 7.05 Å². The van der Waals surface area contributed by atoms with Gasteiger partial charge in [-0.15, -0.1) is 0 Å². The smallest absolute Gasteiger partial charge is 0.258 e. The first kappa shape index (κ1) is 16.9. The van der Waals surface area contributed by atoms with Gasteiger partial charge in [-0.3, -0.25) is 9.20 Å². The third kappa shape index (κ3) is 2.84. The van der Waals surface area contributed by atoms with Gasteiger partial charge in [-0.05, 0) is 31.3 Å².